The average Bonchev–Trinajstić information content (AvgIpc) is 3.18. The van der Waals surface area contributed by atoms with Crippen LogP contribution in [0.15, 0.2) is 54.5 Å². The third-order valence-corrected chi connectivity index (χ3v) is 6.51. The SMILES string of the molecule is COC1=C(C(=O)c2ccc(SC(F)F)s2)CC2=NC(C)=C(CC(=O)O)C2=C1Cl. The molecular weight excluding hydrogens is 432 g/mol. The van der Waals surface area contributed by atoms with Crippen molar-refractivity contribution < 1.29 is 28.2 Å². The lowest BCUT2D eigenvalue weighted by Gasteiger charge is -2.21. The number of carboxylic acid groups (broad SMARTS) is 1. The monoisotopic (exact) mass is 445 g/mol. The fourth-order valence-corrected chi connectivity index (χ4v) is 5.19. The summed E-state index contributed by atoms with van der Waals surface area (Å²) >= 11 is 7.81. The summed E-state index contributed by atoms with van der Waals surface area (Å²) in [6.07, 6.45) is -0.132. The molecule has 0 spiro atoms. The second-order valence-corrected chi connectivity index (χ2v) is 8.65. The minimum absolute atomic E-state index is 0.114. The number of alkyl halides is 2. The lowest BCUT2D eigenvalue weighted by molar-refractivity contribution is -0.136. The van der Waals surface area contributed by atoms with Crippen molar-refractivity contribution in [3.8, 4) is 0 Å². The molecule has 0 amide bonds. The van der Waals surface area contributed by atoms with Gasteiger partial charge in [0.1, 0.15) is 5.76 Å². The van der Waals surface area contributed by atoms with Crippen LogP contribution in [-0.4, -0.2) is 35.4 Å². The molecule has 2 heterocycles. The van der Waals surface area contributed by atoms with E-state index in [4.69, 9.17) is 21.4 Å². The van der Waals surface area contributed by atoms with Crippen LogP contribution in [0.1, 0.15) is 29.4 Å². The molecule has 28 heavy (non-hydrogen) atoms. The number of allylic oxidation sites excluding steroid dienone is 4. The predicted octanol–water partition coefficient (Wildman–Crippen LogP) is 5.25. The van der Waals surface area contributed by atoms with Crippen molar-refractivity contribution in [3.05, 3.63) is 50.2 Å². The number of ketones is 1. The zero-order valence-electron chi connectivity index (χ0n) is 14.7. The summed E-state index contributed by atoms with van der Waals surface area (Å²) in [4.78, 5) is 28.8. The van der Waals surface area contributed by atoms with Crippen LogP contribution in [-0.2, 0) is 9.53 Å². The van der Waals surface area contributed by atoms with Gasteiger partial charge in [0.2, 0.25) is 5.78 Å². The number of hydrogen-bond donors (Lipinski definition) is 1. The van der Waals surface area contributed by atoms with Gasteiger partial charge in [0.25, 0.3) is 5.76 Å². The number of carbonyl (C=O) groups is 2. The van der Waals surface area contributed by atoms with E-state index in [0.717, 1.165) is 11.3 Å². The lowest BCUT2D eigenvalue weighted by atomic mass is 9.88. The Morgan fingerprint density at radius 2 is 2.14 bits per heavy atom. The molecule has 0 saturated carbocycles. The van der Waals surface area contributed by atoms with Crippen LogP contribution in [0.5, 0.6) is 0 Å². The summed E-state index contributed by atoms with van der Waals surface area (Å²) in [7, 11) is 1.36. The molecule has 0 fully saturated rings. The molecule has 148 valence electrons. The molecule has 1 aromatic heterocycles. The first-order valence-electron chi connectivity index (χ1n) is 7.99. The van der Waals surface area contributed by atoms with Crippen molar-refractivity contribution in [1.29, 1.82) is 0 Å². The number of aliphatic carboxylic acids is 1. The summed E-state index contributed by atoms with van der Waals surface area (Å²) < 4.78 is 30.7. The van der Waals surface area contributed by atoms with Gasteiger partial charge >= 0.3 is 5.97 Å². The van der Waals surface area contributed by atoms with Crippen molar-refractivity contribution in [2.75, 3.05) is 7.11 Å². The normalized spacial score (nSPS) is 16.7. The number of thioether (sulfide) groups is 1. The summed E-state index contributed by atoms with van der Waals surface area (Å²) in [6.45, 7) is 1.68. The molecule has 0 aromatic carbocycles. The van der Waals surface area contributed by atoms with Gasteiger partial charge in [-0.3, -0.25) is 14.6 Å². The van der Waals surface area contributed by atoms with E-state index in [1.165, 1.54) is 19.2 Å². The molecule has 1 N–H and O–H groups in total. The Balaban J connectivity index is 2.00. The Hall–Kier alpha value is -1.97. The Labute approximate surface area is 172 Å². The lowest BCUT2D eigenvalue weighted by Crippen LogP contribution is -2.19. The largest absolute Gasteiger partial charge is 0.495 e. The van der Waals surface area contributed by atoms with Crippen LogP contribution < -0.4 is 0 Å². The first-order chi connectivity index (χ1) is 13.2. The number of carboxylic acids is 1. The quantitative estimate of drug-likeness (QED) is 0.458. The van der Waals surface area contributed by atoms with E-state index < -0.39 is 11.7 Å². The van der Waals surface area contributed by atoms with E-state index in [9.17, 15) is 18.4 Å². The highest BCUT2D eigenvalue weighted by Gasteiger charge is 2.36. The number of methoxy groups -OCH3 is 1. The molecule has 0 bridgehead atoms. The Morgan fingerprint density at radius 3 is 2.75 bits per heavy atom. The number of nitrogens with zero attached hydrogens (tertiary/aromatic N) is 1. The van der Waals surface area contributed by atoms with Gasteiger partial charge in [0.15, 0.2) is 0 Å². The predicted molar refractivity (Wildman–Crippen MR) is 104 cm³/mol. The average molecular weight is 446 g/mol. The maximum atomic E-state index is 13.0. The summed E-state index contributed by atoms with van der Waals surface area (Å²) in [5.74, 6) is -3.82. The molecule has 0 unspecified atom stereocenters. The first kappa shape index (κ1) is 20.8. The van der Waals surface area contributed by atoms with Gasteiger partial charge in [0.05, 0.1) is 38.9 Å². The van der Waals surface area contributed by atoms with Gasteiger partial charge in [-0.15, -0.1) is 11.3 Å². The van der Waals surface area contributed by atoms with Gasteiger partial charge in [-0.1, -0.05) is 11.6 Å². The number of Topliss-reactive ketones (excluding diaryl/α,β-unsaturated/α-hetero) is 1. The van der Waals surface area contributed by atoms with Crippen molar-refractivity contribution >= 4 is 52.2 Å². The zero-order chi connectivity index (χ0) is 20.6. The standard InChI is InChI=1S/C18H14ClF2NO4S2/c1-7-8(6-12(23)24)14-10(22-7)5-9(17(26-2)15(14)19)16(25)11-3-4-13(27-11)28-18(20)21/h3-4,18H,5-6H2,1-2H3,(H,23,24). The minimum Gasteiger partial charge on any atom is -0.495 e. The van der Waals surface area contributed by atoms with Crippen molar-refractivity contribution in [2.45, 2.75) is 29.7 Å². The summed E-state index contributed by atoms with van der Waals surface area (Å²) in [6, 6.07) is 2.96. The van der Waals surface area contributed by atoms with E-state index in [1.54, 1.807) is 6.92 Å². The van der Waals surface area contributed by atoms with Crippen LogP contribution in [0.4, 0.5) is 8.78 Å². The van der Waals surface area contributed by atoms with Gasteiger partial charge < -0.3 is 9.84 Å². The highest BCUT2D eigenvalue weighted by Crippen LogP contribution is 2.43. The zero-order valence-corrected chi connectivity index (χ0v) is 17.1. The van der Waals surface area contributed by atoms with Gasteiger partial charge in [-0.2, -0.15) is 8.78 Å². The Bertz CT molecular complexity index is 991. The number of aliphatic imine (C=N–C) groups is 1. The summed E-state index contributed by atoms with van der Waals surface area (Å²) in [5, 5.41) is 9.27. The molecule has 1 aromatic rings. The molecule has 1 aliphatic carbocycles. The maximum Gasteiger partial charge on any atom is 0.307 e. The summed E-state index contributed by atoms with van der Waals surface area (Å²) in [5.41, 5.74) is 2.26. The highest BCUT2D eigenvalue weighted by molar-refractivity contribution is 8.01. The molecule has 5 nitrogen and oxygen atoms in total. The second kappa shape index (κ2) is 8.18. The van der Waals surface area contributed by atoms with Crippen LogP contribution in [0, 0.1) is 0 Å². The first-order valence-corrected chi connectivity index (χ1v) is 10.1. The second-order valence-electron chi connectivity index (χ2n) is 5.90. The van der Waals surface area contributed by atoms with Crippen molar-refractivity contribution in [1.82, 2.24) is 0 Å². The molecule has 0 saturated heterocycles. The number of fused-ring (bicyclic) bond motifs is 1. The van der Waals surface area contributed by atoms with Crippen molar-refractivity contribution in [3.63, 3.8) is 0 Å². The molecule has 2 aliphatic rings. The number of rotatable bonds is 7. The third-order valence-electron chi connectivity index (χ3n) is 4.18. The Morgan fingerprint density at radius 1 is 1.43 bits per heavy atom. The molecule has 1 aliphatic heterocycles. The van der Waals surface area contributed by atoms with Gasteiger partial charge in [-0.25, -0.2) is 0 Å². The highest BCUT2D eigenvalue weighted by atomic mass is 35.5. The van der Waals surface area contributed by atoms with Crippen LogP contribution in [0.3, 0.4) is 0 Å². The van der Waals surface area contributed by atoms with E-state index in [-0.39, 0.29) is 39.9 Å². The van der Waals surface area contributed by atoms with E-state index in [1.807, 2.05) is 0 Å². The van der Waals surface area contributed by atoms with Crippen LogP contribution in [0.2, 0.25) is 0 Å². The molecule has 0 radical (unpaired) electrons. The molecule has 0 atom stereocenters. The number of hydrogen-bond acceptors (Lipinski definition) is 6. The fourth-order valence-electron chi connectivity index (χ4n) is 3.07. The van der Waals surface area contributed by atoms with E-state index >= 15 is 0 Å². The molecular formula is C18H14ClF2NO4S2. The topological polar surface area (TPSA) is 76.0 Å². The van der Waals surface area contributed by atoms with Crippen molar-refractivity contribution in [2.24, 2.45) is 4.99 Å². The van der Waals surface area contributed by atoms with E-state index in [0.29, 0.717) is 38.5 Å². The number of thiophene rings is 1. The molecule has 10 heteroatoms. The number of carbonyl (C=O) groups excluding carboxylic acids is 1. The number of halogens is 3. The maximum absolute atomic E-state index is 13.0. The minimum atomic E-state index is -2.57. The van der Waals surface area contributed by atoms with Gasteiger partial charge in [0, 0.05) is 17.7 Å². The third kappa shape index (κ3) is 3.92. The van der Waals surface area contributed by atoms with Crippen LogP contribution in [0.25, 0.3) is 0 Å². The Kier molecular flexibility index (Phi) is 6.07. The van der Waals surface area contributed by atoms with Crippen LogP contribution >= 0.6 is 34.7 Å². The van der Waals surface area contributed by atoms with Gasteiger partial charge in [-0.05, 0) is 36.4 Å². The smallest absolute Gasteiger partial charge is 0.307 e. The number of ether oxygens (including phenoxy) is 1. The fraction of sp³-hybridized carbons (Fsp3) is 0.278. The molecule has 3 rings (SSSR count). The van der Waals surface area contributed by atoms with E-state index in [2.05, 4.69) is 4.99 Å².